The molecule has 1 spiro atoms. The van der Waals surface area contributed by atoms with Gasteiger partial charge in [-0.15, -0.1) is 0 Å². The number of allylic oxidation sites excluding steroid dienone is 1. The molecule has 410 valence electrons. The SMILES string of the molecule is COc1cc2c(cc1O)C1=CC3CC4(CCC(O)(Cn5c(-c6cccc(O)c6)cc6[nH]ccc65)C4)C4CC(O)CCC4C3C2CC(=O)CC(C(O)Cc2ccc(O)c(OCCO)c2)OC(=O)CC#CCc2c1[nH]c1ccccc21. The number of ketones is 1. The number of aromatic nitrogens is 3. The van der Waals surface area contributed by atoms with E-state index in [1.54, 1.807) is 30.3 Å². The van der Waals surface area contributed by atoms with Crippen LogP contribution in [0.4, 0.5) is 0 Å². The Morgan fingerprint density at radius 2 is 1.75 bits per heavy atom. The van der Waals surface area contributed by atoms with Gasteiger partial charge < -0.3 is 64.5 Å². The molecule has 0 radical (unpaired) electrons. The minimum atomic E-state index is -1.36. The molecular weight excluding hydrogens is 1000 g/mol. The number of nitrogens with zero attached hydrogens (tertiary/aromatic N) is 1. The lowest BCUT2D eigenvalue weighted by Gasteiger charge is -2.57. The summed E-state index contributed by atoms with van der Waals surface area (Å²) in [6, 6.07) is 27.4. The molecule has 10 atom stereocenters. The molecule has 3 aromatic heterocycles. The van der Waals surface area contributed by atoms with Crippen molar-refractivity contribution in [3.05, 3.63) is 131 Å². The van der Waals surface area contributed by atoms with Gasteiger partial charge in [0.15, 0.2) is 23.0 Å². The van der Waals surface area contributed by atoms with Crippen molar-refractivity contribution in [2.45, 2.75) is 113 Å². The first-order chi connectivity index (χ1) is 38.2. The number of hydrogen-bond acceptors (Lipinski definition) is 12. The Bertz CT molecular complexity index is 3580. The van der Waals surface area contributed by atoms with E-state index in [-0.39, 0.29) is 104 Å². The number of hydrogen-bond donors (Lipinski definition) is 9. The molecule has 9 N–H and O–H groups in total. The number of esters is 1. The average molecular weight is 1070 g/mol. The summed E-state index contributed by atoms with van der Waals surface area (Å²) in [4.78, 5) is 36.2. The molecule has 3 fully saturated rings. The van der Waals surface area contributed by atoms with Gasteiger partial charge in [-0.2, -0.15) is 0 Å². The van der Waals surface area contributed by atoms with Crippen molar-refractivity contribution < 1.29 is 59.5 Å². The highest BCUT2D eigenvalue weighted by atomic mass is 16.6. The van der Waals surface area contributed by atoms with Crippen molar-refractivity contribution in [1.82, 2.24) is 14.5 Å². The van der Waals surface area contributed by atoms with Gasteiger partial charge in [0, 0.05) is 53.9 Å². The highest BCUT2D eigenvalue weighted by Crippen LogP contribution is 2.67. The standard InChI is InChI=1S/C64H67N3O12/c1-77-57-31-46-45(30-56(57)74)48-26-38-33-63(18-19-64(76,34-63)35-67-52-17-20-65-51(52)32-53(67)37-7-6-8-39(69)25-37)49-28-40(70)14-15-44(49)61(38)47(46)27-41(71)29-59(55(73)23-36-13-16-54(72)58(24-36)78-22-21-68)79-60(75)12-5-3-10-43-42-9-2-4-11-50(42)66-62(43)48/h2,4,6-9,11,13,16-17,20,24-26,30-32,38,40,44,47,49,55,59,61,65-66,68-70,72-74,76H,10,12,14-15,18-19,21-23,27-29,33-35H2,1H3. The van der Waals surface area contributed by atoms with Gasteiger partial charge in [-0.25, -0.2) is 0 Å². The minimum Gasteiger partial charge on any atom is -0.508 e. The van der Waals surface area contributed by atoms with Crippen molar-refractivity contribution in [3.63, 3.8) is 0 Å². The van der Waals surface area contributed by atoms with E-state index in [4.69, 9.17) is 14.2 Å². The maximum Gasteiger partial charge on any atom is 0.318 e. The van der Waals surface area contributed by atoms with Crippen LogP contribution in [0.3, 0.4) is 0 Å². The zero-order valence-electron chi connectivity index (χ0n) is 44.2. The van der Waals surface area contributed by atoms with Crippen LogP contribution in [0.15, 0.2) is 103 Å². The fourth-order valence-corrected chi connectivity index (χ4v) is 15.1. The number of phenols is 3. The number of para-hydroxylation sites is 1. The Morgan fingerprint density at radius 1 is 0.899 bits per heavy atom. The summed E-state index contributed by atoms with van der Waals surface area (Å²) < 4.78 is 19.6. The van der Waals surface area contributed by atoms with Crippen LogP contribution in [0.1, 0.15) is 98.1 Å². The predicted molar refractivity (Wildman–Crippen MR) is 296 cm³/mol. The third-order valence-electron chi connectivity index (χ3n) is 18.3. The van der Waals surface area contributed by atoms with Gasteiger partial charge in [0.05, 0.1) is 60.5 Å². The topological polar surface area (TPSA) is 240 Å². The molecule has 15 nitrogen and oxygen atoms in total. The summed E-state index contributed by atoms with van der Waals surface area (Å²) >= 11 is 0. The highest BCUT2D eigenvalue weighted by molar-refractivity contribution is 5.94. The number of methoxy groups -OCH3 is 1. The van der Waals surface area contributed by atoms with Gasteiger partial charge in [0.25, 0.3) is 0 Å². The zero-order valence-corrected chi connectivity index (χ0v) is 44.2. The second kappa shape index (κ2) is 21.0. The number of rotatable bonds is 10. The lowest BCUT2D eigenvalue weighted by Crippen LogP contribution is -2.52. The van der Waals surface area contributed by atoms with Gasteiger partial charge >= 0.3 is 5.97 Å². The van der Waals surface area contributed by atoms with Gasteiger partial charge in [0.2, 0.25) is 0 Å². The highest BCUT2D eigenvalue weighted by Gasteiger charge is 2.61. The second-order valence-corrected chi connectivity index (χ2v) is 23.0. The maximum atomic E-state index is 15.3. The number of phenolic OH excluding ortho intramolecular Hbond substituents is 3. The Kier molecular flexibility index (Phi) is 13.9. The summed E-state index contributed by atoms with van der Waals surface area (Å²) in [5, 5.41) is 80.2. The van der Waals surface area contributed by atoms with E-state index >= 15 is 4.79 Å². The van der Waals surface area contributed by atoms with E-state index < -0.39 is 41.2 Å². The van der Waals surface area contributed by atoms with Crippen LogP contribution in [0.25, 0.3) is 38.8 Å². The molecule has 10 unspecified atom stereocenters. The first-order valence-electron chi connectivity index (χ1n) is 27.7. The van der Waals surface area contributed by atoms with Crippen LogP contribution in [-0.2, 0) is 33.7 Å². The summed E-state index contributed by atoms with van der Waals surface area (Å²) in [6.07, 6.45) is 4.75. The van der Waals surface area contributed by atoms with E-state index in [2.05, 4.69) is 38.5 Å². The van der Waals surface area contributed by atoms with Gasteiger partial charge in [0.1, 0.15) is 30.7 Å². The molecule has 12 rings (SSSR count). The first kappa shape index (κ1) is 52.2. The van der Waals surface area contributed by atoms with E-state index in [0.29, 0.717) is 57.1 Å². The Morgan fingerprint density at radius 3 is 2.58 bits per heavy atom. The van der Waals surface area contributed by atoms with Crippen molar-refractivity contribution in [2.75, 3.05) is 20.3 Å². The quantitative estimate of drug-likeness (QED) is 0.0461. The molecule has 7 aromatic rings. The van der Waals surface area contributed by atoms with E-state index in [0.717, 1.165) is 61.2 Å². The summed E-state index contributed by atoms with van der Waals surface area (Å²) in [6.45, 7) is -0.0343. The number of H-pyrrole nitrogens is 2. The number of cyclic esters (lactones) is 1. The summed E-state index contributed by atoms with van der Waals surface area (Å²) in [5.41, 5.74) is 7.50. The number of benzene rings is 4. The molecular formula is C64H67N3O12. The largest absolute Gasteiger partial charge is 0.508 e. The second-order valence-electron chi connectivity index (χ2n) is 23.0. The Balaban J connectivity index is 0.985. The average Bonchev–Trinajstić information content (AvgIpc) is 4.20. The van der Waals surface area contributed by atoms with E-state index in [9.17, 15) is 40.5 Å². The number of aliphatic hydroxyl groups is 4. The predicted octanol–water partition coefficient (Wildman–Crippen LogP) is 8.97. The molecule has 4 heterocycles. The fourth-order valence-electron chi connectivity index (χ4n) is 15.1. The monoisotopic (exact) mass is 1070 g/mol. The number of aromatic amines is 2. The van der Waals surface area contributed by atoms with Crippen LogP contribution >= 0.6 is 0 Å². The number of fused-ring (bicyclic) bond motifs is 10. The van der Waals surface area contributed by atoms with Gasteiger partial charge in [-0.3, -0.25) is 9.59 Å². The molecule has 5 aliphatic rings. The smallest absolute Gasteiger partial charge is 0.318 e. The van der Waals surface area contributed by atoms with Crippen molar-refractivity contribution in [3.8, 4) is 51.8 Å². The molecule has 79 heavy (non-hydrogen) atoms. The lowest BCUT2D eigenvalue weighted by atomic mass is 9.47. The number of ether oxygens (including phenoxy) is 3. The van der Waals surface area contributed by atoms with Crippen LogP contribution < -0.4 is 9.47 Å². The number of carbonyl (C=O) groups is 2. The molecule has 4 aliphatic carbocycles. The molecule has 1 aliphatic heterocycles. The summed E-state index contributed by atoms with van der Waals surface area (Å²) in [7, 11) is 1.51. The minimum absolute atomic E-state index is 0.0114. The third-order valence-corrected chi connectivity index (χ3v) is 18.3. The summed E-state index contributed by atoms with van der Waals surface area (Å²) in [5.74, 6) is 4.70. The van der Waals surface area contributed by atoms with Gasteiger partial charge in [-0.05, 0) is 157 Å². The first-order valence-corrected chi connectivity index (χ1v) is 27.7. The number of carbonyl (C=O) groups excluding carboxylic acids is 2. The molecule has 3 saturated carbocycles. The fraction of sp³-hybridized carbons (Fsp3) is 0.406. The molecule has 2 bridgehead atoms. The number of nitrogens with one attached hydrogen (secondary N) is 2. The van der Waals surface area contributed by atoms with Crippen molar-refractivity contribution in [1.29, 1.82) is 0 Å². The van der Waals surface area contributed by atoms with E-state index in [1.165, 1.54) is 13.2 Å². The van der Waals surface area contributed by atoms with Gasteiger partial charge in [-0.1, -0.05) is 54.3 Å². The van der Waals surface area contributed by atoms with Crippen LogP contribution in [0, 0.1) is 40.9 Å². The lowest BCUT2D eigenvalue weighted by molar-refractivity contribution is -0.155. The Hall–Kier alpha value is -7.48. The molecule has 15 heteroatoms. The van der Waals surface area contributed by atoms with Crippen molar-refractivity contribution in [2.24, 2.45) is 29.1 Å². The van der Waals surface area contributed by atoms with Crippen LogP contribution in [0.2, 0.25) is 0 Å². The zero-order chi connectivity index (χ0) is 54.7. The number of Topliss-reactive ketones (excluding diaryl/α,β-unsaturated/α-hetero) is 1. The maximum absolute atomic E-state index is 15.3. The third kappa shape index (κ3) is 9.83. The van der Waals surface area contributed by atoms with Crippen LogP contribution in [-0.4, -0.2) is 106 Å². The van der Waals surface area contributed by atoms with Crippen LogP contribution in [0.5, 0.6) is 28.7 Å². The normalized spacial score (nSPS) is 27.3. The van der Waals surface area contributed by atoms with E-state index in [1.807, 2.05) is 54.7 Å². The number of aliphatic hydroxyl groups excluding tert-OH is 3. The molecule has 4 aromatic carbocycles. The van der Waals surface area contributed by atoms with Crippen molar-refractivity contribution >= 4 is 39.3 Å². The Labute approximate surface area is 457 Å². The molecule has 0 saturated heterocycles. The molecule has 0 amide bonds. The number of aromatic hydroxyl groups is 3.